The number of nitrogens with zero attached hydrogens (tertiary/aromatic N) is 4. The lowest BCUT2D eigenvalue weighted by Crippen LogP contribution is -2.50. The zero-order chi connectivity index (χ0) is 18.7. The second-order valence-corrected chi connectivity index (χ2v) is 7.83. The van der Waals surface area contributed by atoms with Gasteiger partial charge in [-0.2, -0.15) is 0 Å². The second-order valence-electron chi connectivity index (χ2n) is 6.87. The lowest BCUT2D eigenvalue weighted by atomic mass is 10.2. The molecule has 1 fully saturated rings. The number of rotatable bonds is 5. The minimum Gasteiger partial charge on any atom is -0.361 e. The summed E-state index contributed by atoms with van der Waals surface area (Å²) in [5, 5.41) is 4.76. The molecule has 0 aromatic carbocycles. The molecule has 6 nitrogen and oxygen atoms in total. The Balaban J connectivity index is 1.70. The molecule has 7 heteroatoms. The van der Waals surface area contributed by atoms with Crippen molar-refractivity contribution in [2.45, 2.75) is 44.5 Å². The Bertz CT molecular complexity index is 747. The van der Waals surface area contributed by atoms with Gasteiger partial charge in [0.25, 0.3) is 5.91 Å². The third-order valence-corrected chi connectivity index (χ3v) is 5.90. The zero-order valence-electron chi connectivity index (χ0n) is 15.9. The summed E-state index contributed by atoms with van der Waals surface area (Å²) in [5.74, 6) is 1.59. The molecule has 3 rings (SSSR count). The van der Waals surface area contributed by atoms with Gasteiger partial charge in [-0.25, -0.2) is 4.98 Å². The van der Waals surface area contributed by atoms with Gasteiger partial charge in [-0.3, -0.25) is 9.69 Å². The Morgan fingerprint density at radius 1 is 1.27 bits per heavy atom. The fourth-order valence-electron chi connectivity index (χ4n) is 3.13. The van der Waals surface area contributed by atoms with E-state index in [2.05, 4.69) is 28.9 Å². The molecule has 0 atom stereocenters. The Hall–Kier alpha value is -1.86. The van der Waals surface area contributed by atoms with Gasteiger partial charge < -0.3 is 9.42 Å². The average molecular weight is 375 g/mol. The van der Waals surface area contributed by atoms with Crippen LogP contribution < -0.4 is 0 Å². The minimum absolute atomic E-state index is 0.0720. The van der Waals surface area contributed by atoms with Crippen LogP contribution >= 0.6 is 11.8 Å². The largest absolute Gasteiger partial charge is 0.361 e. The van der Waals surface area contributed by atoms with E-state index in [1.807, 2.05) is 30.9 Å². The first-order valence-corrected chi connectivity index (χ1v) is 9.98. The van der Waals surface area contributed by atoms with Crippen LogP contribution in [0.2, 0.25) is 0 Å². The number of amides is 1. The topological polar surface area (TPSA) is 62.5 Å². The van der Waals surface area contributed by atoms with Crippen LogP contribution in [0.4, 0.5) is 0 Å². The van der Waals surface area contributed by atoms with Gasteiger partial charge in [0.05, 0.1) is 11.3 Å². The molecule has 140 valence electrons. The SMILES string of the molecule is Cc1noc(C)c1CSc1ncccc1C(=O)N1CCN(C(C)C)CC1. The maximum atomic E-state index is 13.0. The number of carbonyl (C=O) groups excluding carboxylic acids is 1. The summed E-state index contributed by atoms with van der Waals surface area (Å²) >= 11 is 1.56. The van der Waals surface area contributed by atoms with Crippen molar-refractivity contribution in [3.8, 4) is 0 Å². The van der Waals surface area contributed by atoms with Crippen LogP contribution in [0.5, 0.6) is 0 Å². The standard InChI is InChI=1S/C19H26N4O2S/c1-13(2)22-8-10-23(11-9-22)19(24)16-6-5-7-20-18(16)26-12-17-14(3)21-25-15(17)4/h5-7,13H,8-12H2,1-4H3. The molecule has 0 saturated carbocycles. The highest BCUT2D eigenvalue weighted by molar-refractivity contribution is 7.98. The molecule has 0 unspecified atom stereocenters. The van der Waals surface area contributed by atoms with Crippen molar-refractivity contribution >= 4 is 17.7 Å². The van der Waals surface area contributed by atoms with E-state index in [1.54, 1.807) is 18.0 Å². The highest BCUT2D eigenvalue weighted by Crippen LogP contribution is 2.28. The number of pyridine rings is 1. The Morgan fingerprint density at radius 2 is 2.00 bits per heavy atom. The van der Waals surface area contributed by atoms with E-state index in [9.17, 15) is 4.79 Å². The summed E-state index contributed by atoms with van der Waals surface area (Å²) in [4.78, 5) is 21.8. The minimum atomic E-state index is 0.0720. The lowest BCUT2D eigenvalue weighted by molar-refractivity contribution is 0.0591. The summed E-state index contributed by atoms with van der Waals surface area (Å²) < 4.78 is 5.22. The highest BCUT2D eigenvalue weighted by atomic mass is 32.2. The molecule has 3 heterocycles. The monoisotopic (exact) mass is 374 g/mol. The predicted octanol–water partition coefficient (Wildman–Crippen LogP) is 3.14. The number of piperazine rings is 1. The molecule has 0 spiro atoms. The van der Waals surface area contributed by atoms with Gasteiger partial charge in [0.2, 0.25) is 0 Å². The summed E-state index contributed by atoms with van der Waals surface area (Å²) in [6, 6.07) is 4.23. The lowest BCUT2D eigenvalue weighted by Gasteiger charge is -2.37. The molecule has 1 aliphatic heterocycles. The first-order chi connectivity index (χ1) is 12.5. The van der Waals surface area contributed by atoms with Crippen LogP contribution in [0, 0.1) is 13.8 Å². The van der Waals surface area contributed by atoms with E-state index in [0.29, 0.717) is 17.4 Å². The van der Waals surface area contributed by atoms with E-state index in [0.717, 1.165) is 48.2 Å². The second kappa shape index (κ2) is 8.22. The number of aromatic nitrogens is 2. The fourth-order valence-corrected chi connectivity index (χ4v) is 4.27. The third kappa shape index (κ3) is 4.10. The van der Waals surface area contributed by atoms with Crippen molar-refractivity contribution in [2.75, 3.05) is 26.2 Å². The number of hydrogen-bond donors (Lipinski definition) is 0. The Labute approximate surface area is 158 Å². The smallest absolute Gasteiger partial charge is 0.256 e. The van der Waals surface area contributed by atoms with E-state index >= 15 is 0 Å². The molecule has 0 bridgehead atoms. The van der Waals surface area contributed by atoms with Crippen molar-refractivity contribution in [3.63, 3.8) is 0 Å². The Kier molecular flexibility index (Phi) is 5.98. The Morgan fingerprint density at radius 3 is 2.62 bits per heavy atom. The molecule has 0 radical (unpaired) electrons. The van der Waals surface area contributed by atoms with Crippen LogP contribution in [0.1, 0.15) is 41.2 Å². The van der Waals surface area contributed by atoms with Gasteiger partial charge >= 0.3 is 0 Å². The van der Waals surface area contributed by atoms with Crippen molar-refractivity contribution in [2.24, 2.45) is 0 Å². The first kappa shape index (κ1) is 18.9. The summed E-state index contributed by atoms with van der Waals surface area (Å²) in [5.41, 5.74) is 2.65. The van der Waals surface area contributed by atoms with Crippen molar-refractivity contribution in [1.82, 2.24) is 19.9 Å². The van der Waals surface area contributed by atoms with Gasteiger partial charge in [-0.05, 0) is 39.8 Å². The number of thioether (sulfide) groups is 1. The maximum absolute atomic E-state index is 13.0. The normalized spacial score (nSPS) is 15.7. The van der Waals surface area contributed by atoms with Crippen LogP contribution in [0.3, 0.4) is 0 Å². The number of carbonyl (C=O) groups is 1. The van der Waals surface area contributed by atoms with Gasteiger partial charge in [0, 0.05) is 49.7 Å². The third-order valence-electron chi connectivity index (χ3n) is 4.87. The van der Waals surface area contributed by atoms with Crippen LogP contribution in [-0.4, -0.2) is 58.1 Å². The van der Waals surface area contributed by atoms with Crippen molar-refractivity contribution in [1.29, 1.82) is 0 Å². The zero-order valence-corrected chi connectivity index (χ0v) is 16.7. The summed E-state index contributed by atoms with van der Waals surface area (Å²) in [6.07, 6.45) is 1.74. The molecule has 2 aromatic rings. The van der Waals surface area contributed by atoms with E-state index < -0.39 is 0 Å². The average Bonchev–Trinajstić information content (AvgIpc) is 2.97. The quantitative estimate of drug-likeness (QED) is 0.749. The molecule has 1 saturated heterocycles. The van der Waals surface area contributed by atoms with Crippen molar-refractivity contribution in [3.05, 3.63) is 40.9 Å². The number of hydrogen-bond acceptors (Lipinski definition) is 6. The van der Waals surface area contributed by atoms with Crippen LogP contribution in [0.25, 0.3) is 0 Å². The van der Waals surface area contributed by atoms with Crippen molar-refractivity contribution < 1.29 is 9.32 Å². The van der Waals surface area contributed by atoms with Gasteiger partial charge in [0.15, 0.2) is 0 Å². The predicted molar refractivity (Wildman–Crippen MR) is 102 cm³/mol. The molecule has 0 N–H and O–H groups in total. The highest BCUT2D eigenvalue weighted by Gasteiger charge is 2.25. The van der Waals surface area contributed by atoms with E-state index in [1.165, 1.54) is 0 Å². The van der Waals surface area contributed by atoms with E-state index in [4.69, 9.17) is 4.52 Å². The van der Waals surface area contributed by atoms with Gasteiger partial charge in [0.1, 0.15) is 10.8 Å². The first-order valence-electron chi connectivity index (χ1n) is 9.00. The molecular formula is C19H26N4O2S. The number of aryl methyl sites for hydroxylation is 2. The maximum Gasteiger partial charge on any atom is 0.256 e. The van der Waals surface area contributed by atoms with Crippen LogP contribution in [0.15, 0.2) is 27.9 Å². The van der Waals surface area contributed by atoms with Gasteiger partial charge in [-0.15, -0.1) is 11.8 Å². The molecule has 1 aliphatic rings. The van der Waals surface area contributed by atoms with Crippen LogP contribution in [-0.2, 0) is 5.75 Å². The summed E-state index contributed by atoms with van der Waals surface area (Å²) in [6.45, 7) is 11.6. The molecular weight excluding hydrogens is 348 g/mol. The molecule has 1 amide bonds. The fraction of sp³-hybridized carbons (Fsp3) is 0.526. The molecule has 2 aromatic heterocycles. The molecule has 26 heavy (non-hydrogen) atoms. The van der Waals surface area contributed by atoms with Gasteiger partial charge in [-0.1, -0.05) is 5.16 Å². The molecule has 0 aliphatic carbocycles. The van der Waals surface area contributed by atoms with E-state index in [-0.39, 0.29) is 5.91 Å². The summed E-state index contributed by atoms with van der Waals surface area (Å²) in [7, 11) is 0.